The number of hydrogen-bond donors (Lipinski definition) is 2. The molecule has 3 rings (SSSR count). The Balaban J connectivity index is 1.72. The molecule has 0 radical (unpaired) electrons. The Morgan fingerprint density at radius 1 is 1.03 bits per heavy atom. The SMILES string of the molecule is CCCCCOc1ccc(C(=O)Nc2sc3c(c2C(=O)NC)CCCCC3)cc1. The lowest BCUT2D eigenvalue weighted by Gasteiger charge is -2.09. The number of hydrogen-bond acceptors (Lipinski definition) is 4. The van der Waals surface area contributed by atoms with Crippen molar-refractivity contribution in [3.63, 3.8) is 0 Å². The van der Waals surface area contributed by atoms with E-state index in [0.717, 1.165) is 56.3 Å². The third-order valence-corrected chi connectivity index (χ3v) is 6.44. The fraction of sp³-hybridized carbons (Fsp3) is 0.478. The number of nitrogens with one attached hydrogen (secondary N) is 2. The number of carbonyl (C=O) groups is 2. The van der Waals surface area contributed by atoms with Gasteiger partial charge >= 0.3 is 0 Å². The second-order valence-electron chi connectivity index (χ2n) is 7.38. The molecule has 5 nitrogen and oxygen atoms in total. The Hall–Kier alpha value is -2.34. The Morgan fingerprint density at radius 3 is 2.52 bits per heavy atom. The van der Waals surface area contributed by atoms with Gasteiger partial charge in [0.2, 0.25) is 0 Å². The molecule has 1 aliphatic carbocycles. The average molecular weight is 415 g/mol. The Bertz CT molecular complexity index is 843. The highest BCUT2D eigenvalue weighted by Crippen LogP contribution is 2.37. The normalized spacial score (nSPS) is 13.3. The van der Waals surface area contributed by atoms with Crippen molar-refractivity contribution < 1.29 is 14.3 Å². The van der Waals surface area contributed by atoms with Crippen molar-refractivity contribution in [3.05, 3.63) is 45.8 Å². The van der Waals surface area contributed by atoms with Gasteiger partial charge in [0.05, 0.1) is 12.2 Å². The van der Waals surface area contributed by atoms with Gasteiger partial charge in [-0.15, -0.1) is 11.3 Å². The molecular weight excluding hydrogens is 384 g/mol. The van der Waals surface area contributed by atoms with Gasteiger partial charge in [-0.2, -0.15) is 0 Å². The molecular formula is C23H30N2O3S. The summed E-state index contributed by atoms with van der Waals surface area (Å²) < 4.78 is 5.71. The number of thiophene rings is 1. The molecule has 0 bridgehead atoms. The second-order valence-corrected chi connectivity index (χ2v) is 8.49. The van der Waals surface area contributed by atoms with Crippen molar-refractivity contribution in [2.45, 2.75) is 58.3 Å². The van der Waals surface area contributed by atoms with Gasteiger partial charge in [-0.3, -0.25) is 9.59 Å². The highest BCUT2D eigenvalue weighted by Gasteiger charge is 2.25. The summed E-state index contributed by atoms with van der Waals surface area (Å²) >= 11 is 1.54. The number of aryl methyl sites for hydroxylation is 1. The topological polar surface area (TPSA) is 67.4 Å². The molecule has 2 amide bonds. The van der Waals surface area contributed by atoms with Crippen molar-refractivity contribution in [1.82, 2.24) is 5.32 Å². The maximum atomic E-state index is 12.8. The molecule has 156 valence electrons. The third-order valence-electron chi connectivity index (χ3n) is 5.24. The van der Waals surface area contributed by atoms with E-state index >= 15 is 0 Å². The summed E-state index contributed by atoms with van der Waals surface area (Å²) in [6, 6.07) is 7.18. The highest BCUT2D eigenvalue weighted by molar-refractivity contribution is 7.17. The molecule has 29 heavy (non-hydrogen) atoms. The van der Waals surface area contributed by atoms with E-state index in [1.807, 2.05) is 12.1 Å². The van der Waals surface area contributed by atoms with Gasteiger partial charge in [-0.05, 0) is 61.9 Å². The van der Waals surface area contributed by atoms with Gasteiger partial charge in [-0.1, -0.05) is 26.2 Å². The molecule has 2 aromatic rings. The molecule has 1 aromatic carbocycles. The lowest BCUT2D eigenvalue weighted by Crippen LogP contribution is -2.21. The minimum atomic E-state index is -0.205. The summed E-state index contributed by atoms with van der Waals surface area (Å²) in [5.74, 6) is 0.436. The van der Waals surface area contributed by atoms with Gasteiger partial charge in [0.25, 0.3) is 11.8 Å². The highest BCUT2D eigenvalue weighted by atomic mass is 32.1. The number of benzene rings is 1. The van der Waals surface area contributed by atoms with Crippen LogP contribution in [-0.4, -0.2) is 25.5 Å². The van der Waals surface area contributed by atoms with Gasteiger partial charge < -0.3 is 15.4 Å². The zero-order valence-electron chi connectivity index (χ0n) is 17.3. The van der Waals surface area contributed by atoms with Crippen LogP contribution in [0.2, 0.25) is 0 Å². The van der Waals surface area contributed by atoms with Gasteiger partial charge in [0, 0.05) is 17.5 Å². The number of rotatable bonds is 8. The second kappa shape index (κ2) is 10.4. The standard InChI is InChI=1S/C23H30N2O3S/c1-3-4-8-15-28-17-13-11-16(12-14-17)21(26)25-23-20(22(27)24-2)18-9-6-5-7-10-19(18)29-23/h11-14H,3-10,15H2,1-2H3,(H,24,27)(H,25,26). The molecule has 0 unspecified atom stereocenters. The van der Waals surface area contributed by atoms with Gasteiger partial charge in [0.1, 0.15) is 10.8 Å². The van der Waals surface area contributed by atoms with E-state index in [-0.39, 0.29) is 11.8 Å². The van der Waals surface area contributed by atoms with Crippen LogP contribution in [0.3, 0.4) is 0 Å². The zero-order valence-corrected chi connectivity index (χ0v) is 18.1. The van der Waals surface area contributed by atoms with E-state index in [1.54, 1.807) is 30.5 Å². The molecule has 1 aliphatic rings. The monoisotopic (exact) mass is 414 g/mol. The van der Waals surface area contributed by atoms with E-state index in [9.17, 15) is 9.59 Å². The zero-order chi connectivity index (χ0) is 20.6. The molecule has 0 saturated carbocycles. The molecule has 1 aromatic heterocycles. The molecule has 6 heteroatoms. The summed E-state index contributed by atoms with van der Waals surface area (Å²) in [7, 11) is 1.63. The first kappa shape index (κ1) is 21.4. The van der Waals surface area contributed by atoms with Crippen molar-refractivity contribution in [3.8, 4) is 5.75 Å². The molecule has 0 spiro atoms. The van der Waals surface area contributed by atoms with E-state index in [4.69, 9.17) is 4.74 Å². The molecule has 0 fully saturated rings. The van der Waals surface area contributed by atoms with E-state index in [1.165, 1.54) is 11.3 Å². The molecule has 0 aliphatic heterocycles. The van der Waals surface area contributed by atoms with Crippen LogP contribution in [0.1, 0.15) is 76.6 Å². The van der Waals surface area contributed by atoms with Crippen LogP contribution < -0.4 is 15.4 Å². The van der Waals surface area contributed by atoms with Crippen molar-refractivity contribution in [1.29, 1.82) is 0 Å². The van der Waals surface area contributed by atoms with E-state index in [2.05, 4.69) is 17.6 Å². The van der Waals surface area contributed by atoms with E-state index < -0.39 is 0 Å². The number of anilines is 1. The van der Waals surface area contributed by atoms with Crippen LogP contribution in [0.5, 0.6) is 5.75 Å². The largest absolute Gasteiger partial charge is 0.494 e. The van der Waals surface area contributed by atoms with Crippen LogP contribution in [0.25, 0.3) is 0 Å². The summed E-state index contributed by atoms with van der Waals surface area (Å²) in [6.45, 7) is 2.85. The first-order chi connectivity index (χ1) is 14.1. The molecule has 0 atom stereocenters. The molecule has 2 N–H and O–H groups in total. The van der Waals surface area contributed by atoms with Crippen LogP contribution in [0.15, 0.2) is 24.3 Å². The minimum Gasteiger partial charge on any atom is -0.494 e. The van der Waals surface area contributed by atoms with Crippen LogP contribution in [0.4, 0.5) is 5.00 Å². The summed E-state index contributed by atoms with van der Waals surface area (Å²) in [6.07, 6.45) is 8.62. The minimum absolute atomic E-state index is 0.129. The predicted molar refractivity (Wildman–Crippen MR) is 118 cm³/mol. The first-order valence-electron chi connectivity index (χ1n) is 10.5. The van der Waals surface area contributed by atoms with Crippen LogP contribution in [0, 0.1) is 0 Å². The number of carbonyl (C=O) groups excluding carboxylic acids is 2. The van der Waals surface area contributed by atoms with E-state index in [0.29, 0.717) is 22.7 Å². The van der Waals surface area contributed by atoms with Crippen molar-refractivity contribution in [2.24, 2.45) is 0 Å². The van der Waals surface area contributed by atoms with Crippen LogP contribution in [-0.2, 0) is 12.8 Å². The van der Waals surface area contributed by atoms with Crippen molar-refractivity contribution >= 4 is 28.2 Å². The summed E-state index contributed by atoms with van der Waals surface area (Å²) in [5, 5.41) is 6.36. The van der Waals surface area contributed by atoms with Gasteiger partial charge in [0.15, 0.2) is 0 Å². The Kier molecular flexibility index (Phi) is 7.69. The number of unbranched alkanes of at least 4 members (excludes halogenated alkanes) is 2. The Labute approximate surface area is 176 Å². The molecule has 1 heterocycles. The Morgan fingerprint density at radius 2 is 1.79 bits per heavy atom. The fourth-order valence-electron chi connectivity index (χ4n) is 3.62. The average Bonchev–Trinajstić information content (AvgIpc) is 2.91. The fourth-order valence-corrected chi connectivity index (χ4v) is 4.90. The predicted octanol–water partition coefficient (Wildman–Crippen LogP) is 5.20. The maximum Gasteiger partial charge on any atom is 0.256 e. The number of fused-ring (bicyclic) bond motifs is 1. The van der Waals surface area contributed by atoms with Gasteiger partial charge in [-0.25, -0.2) is 0 Å². The maximum absolute atomic E-state index is 12.8. The molecule has 0 saturated heterocycles. The third kappa shape index (κ3) is 5.38. The number of ether oxygens (including phenoxy) is 1. The number of amides is 2. The van der Waals surface area contributed by atoms with Crippen LogP contribution >= 0.6 is 11.3 Å². The summed E-state index contributed by atoms with van der Waals surface area (Å²) in [5.41, 5.74) is 2.30. The first-order valence-corrected chi connectivity index (χ1v) is 11.4. The lowest BCUT2D eigenvalue weighted by molar-refractivity contribution is 0.0963. The lowest BCUT2D eigenvalue weighted by atomic mass is 10.0. The summed E-state index contributed by atoms with van der Waals surface area (Å²) in [4.78, 5) is 26.5. The quantitative estimate of drug-likeness (QED) is 0.461. The van der Waals surface area contributed by atoms with Crippen molar-refractivity contribution in [2.75, 3.05) is 19.0 Å². The smallest absolute Gasteiger partial charge is 0.256 e.